The van der Waals surface area contributed by atoms with Crippen LogP contribution in [0.15, 0.2) is 84.9 Å². The van der Waals surface area contributed by atoms with E-state index in [9.17, 15) is 4.79 Å². The molecule has 36 heavy (non-hydrogen) atoms. The molecule has 1 aromatic heterocycles. The molecule has 4 aromatic rings. The van der Waals surface area contributed by atoms with Gasteiger partial charge in [-0.15, -0.1) is 12.4 Å². The van der Waals surface area contributed by atoms with Gasteiger partial charge in [0.15, 0.2) is 0 Å². The Kier molecular flexibility index (Phi) is 8.81. The first-order valence-electron chi connectivity index (χ1n) is 12.5. The number of aromatic nitrogens is 1. The van der Waals surface area contributed by atoms with Gasteiger partial charge in [-0.1, -0.05) is 78.9 Å². The van der Waals surface area contributed by atoms with Gasteiger partial charge in [0.2, 0.25) is 0 Å². The molecule has 6 heteroatoms. The average molecular weight is 504 g/mol. The summed E-state index contributed by atoms with van der Waals surface area (Å²) in [6, 6.07) is 27.4. The Hall–Kier alpha value is -3.12. The Morgan fingerprint density at radius 3 is 1.97 bits per heavy atom. The highest BCUT2D eigenvalue weighted by atomic mass is 35.5. The van der Waals surface area contributed by atoms with Crippen molar-refractivity contribution < 1.29 is 9.53 Å². The predicted octanol–water partition coefficient (Wildman–Crippen LogP) is 5.48. The topological polar surface area (TPSA) is 37.7 Å². The smallest absolute Gasteiger partial charge is 0.303 e. The van der Waals surface area contributed by atoms with Gasteiger partial charge in [0.05, 0.1) is 6.54 Å². The lowest BCUT2D eigenvalue weighted by Gasteiger charge is -2.36. The van der Waals surface area contributed by atoms with E-state index in [4.69, 9.17) is 4.74 Å². The number of halogens is 1. The summed E-state index contributed by atoms with van der Waals surface area (Å²) in [6.45, 7) is 7.84. The number of hydrogen-bond acceptors (Lipinski definition) is 4. The molecule has 1 aliphatic heterocycles. The molecule has 1 fully saturated rings. The van der Waals surface area contributed by atoms with Gasteiger partial charge in [0.1, 0.15) is 6.10 Å². The number of nitrogens with zero attached hydrogens (tertiary/aromatic N) is 3. The van der Waals surface area contributed by atoms with Crippen molar-refractivity contribution in [3.63, 3.8) is 0 Å². The van der Waals surface area contributed by atoms with E-state index in [1.54, 1.807) is 0 Å². The quantitative estimate of drug-likeness (QED) is 0.298. The van der Waals surface area contributed by atoms with E-state index < -0.39 is 0 Å². The average Bonchev–Trinajstić information content (AvgIpc) is 3.19. The van der Waals surface area contributed by atoms with Gasteiger partial charge in [-0.2, -0.15) is 0 Å². The van der Waals surface area contributed by atoms with Gasteiger partial charge in [-0.25, -0.2) is 0 Å². The second-order valence-corrected chi connectivity index (χ2v) is 9.29. The number of esters is 1. The molecule has 0 radical (unpaired) electrons. The maximum Gasteiger partial charge on any atom is 0.303 e. The Balaban J connectivity index is 0.00000304. The number of carbonyl (C=O) groups is 1. The minimum absolute atomic E-state index is 0. The highest BCUT2D eigenvalue weighted by Gasteiger charge is 2.23. The van der Waals surface area contributed by atoms with Crippen LogP contribution in [0.1, 0.15) is 12.5 Å². The number of hydrogen-bond donors (Lipinski definition) is 0. The van der Waals surface area contributed by atoms with Crippen LogP contribution in [-0.2, 0) is 16.1 Å². The standard InChI is InChI=1S/C30H33N3O2.ClH/c1-24(34)35-26(23-33-29-15-7-5-13-27(29)28-14-6-8-16-30(28)33)22-32-20-18-31(19-21-32)17-9-12-25-10-3-2-4-11-25;/h2-16,26H,17-23H2,1H3;1H/b12-9+;. The SMILES string of the molecule is CC(=O)OC(CN1CCN(C/C=C/c2ccccc2)CC1)Cn1c2ccccc2c2ccccc21.Cl. The van der Waals surface area contributed by atoms with Crippen LogP contribution in [-0.4, -0.2) is 65.7 Å². The fourth-order valence-electron chi connectivity index (χ4n) is 5.12. The molecule has 0 aliphatic carbocycles. The van der Waals surface area contributed by atoms with Crippen LogP contribution >= 0.6 is 12.4 Å². The summed E-state index contributed by atoms with van der Waals surface area (Å²) in [7, 11) is 0. The molecule has 0 saturated carbocycles. The Labute approximate surface area is 219 Å². The van der Waals surface area contributed by atoms with E-state index >= 15 is 0 Å². The molecule has 0 bridgehead atoms. The summed E-state index contributed by atoms with van der Waals surface area (Å²) in [6.07, 6.45) is 4.24. The first-order chi connectivity index (χ1) is 17.2. The summed E-state index contributed by atoms with van der Waals surface area (Å²) in [5, 5.41) is 2.48. The van der Waals surface area contributed by atoms with Crippen molar-refractivity contribution >= 4 is 46.3 Å². The third-order valence-electron chi connectivity index (χ3n) is 6.80. The number of piperazine rings is 1. The lowest BCUT2D eigenvalue weighted by molar-refractivity contribution is -0.148. The van der Waals surface area contributed by atoms with Crippen LogP contribution in [0.2, 0.25) is 0 Å². The molecule has 0 amide bonds. The van der Waals surface area contributed by atoms with Gasteiger partial charge >= 0.3 is 5.97 Å². The number of ether oxygens (including phenoxy) is 1. The molecule has 0 N–H and O–H groups in total. The third-order valence-corrected chi connectivity index (χ3v) is 6.80. The van der Waals surface area contributed by atoms with Crippen molar-refractivity contribution in [2.45, 2.75) is 19.6 Å². The molecule has 1 unspecified atom stereocenters. The molecule has 188 valence electrons. The van der Waals surface area contributed by atoms with E-state index in [-0.39, 0.29) is 24.5 Å². The summed E-state index contributed by atoms with van der Waals surface area (Å²) in [5.41, 5.74) is 3.60. The monoisotopic (exact) mass is 503 g/mol. The minimum atomic E-state index is -0.222. The van der Waals surface area contributed by atoms with Crippen molar-refractivity contribution in [2.24, 2.45) is 0 Å². The van der Waals surface area contributed by atoms with Crippen LogP contribution in [0.3, 0.4) is 0 Å². The lowest BCUT2D eigenvalue weighted by Crippen LogP contribution is -2.49. The molecular weight excluding hydrogens is 470 g/mol. The number of fused-ring (bicyclic) bond motifs is 3. The maximum absolute atomic E-state index is 12.0. The van der Waals surface area contributed by atoms with Crippen molar-refractivity contribution in [1.29, 1.82) is 0 Å². The number of rotatable bonds is 8. The fourth-order valence-corrected chi connectivity index (χ4v) is 5.12. The third kappa shape index (κ3) is 6.16. The molecule has 5 nitrogen and oxygen atoms in total. The first-order valence-corrected chi connectivity index (χ1v) is 12.5. The van der Waals surface area contributed by atoms with E-state index in [1.807, 2.05) is 6.07 Å². The number of para-hydroxylation sites is 2. The van der Waals surface area contributed by atoms with Crippen molar-refractivity contribution in [3.05, 3.63) is 90.5 Å². The zero-order valence-electron chi connectivity index (χ0n) is 20.8. The number of carbonyl (C=O) groups excluding carboxylic acids is 1. The highest BCUT2D eigenvalue weighted by molar-refractivity contribution is 6.07. The van der Waals surface area contributed by atoms with Crippen LogP contribution in [0.5, 0.6) is 0 Å². The summed E-state index contributed by atoms with van der Waals surface area (Å²) in [4.78, 5) is 16.9. The van der Waals surface area contributed by atoms with Crippen molar-refractivity contribution in [1.82, 2.24) is 14.4 Å². The van der Waals surface area contributed by atoms with Gasteiger partial charge in [-0.05, 0) is 17.7 Å². The molecule has 0 spiro atoms. The van der Waals surface area contributed by atoms with Gasteiger partial charge in [0, 0.05) is 68.0 Å². The van der Waals surface area contributed by atoms with Gasteiger partial charge in [0.25, 0.3) is 0 Å². The first kappa shape index (κ1) is 26.0. The zero-order valence-corrected chi connectivity index (χ0v) is 21.6. The normalized spacial score (nSPS) is 15.8. The van der Waals surface area contributed by atoms with E-state index in [0.29, 0.717) is 6.54 Å². The van der Waals surface area contributed by atoms with E-state index in [0.717, 1.165) is 39.3 Å². The van der Waals surface area contributed by atoms with Crippen molar-refractivity contribution in [3.8, 4) is 0 Å². The number of benzene rings is 3. The molecule has 3 aromatic carbocycles. The molecule has 2 heterocycles. The zero-order chi connectivity index (χ0) is 24.0. The highest BCUT2D eigenvalue weighted by Crippen LogP contribution is 2.29. The largest absolute Gasteiger partial charge is 0.459 e. The van der Waals surface area contributed by atoms with Crippen LogP contribution in [0, 0.1) is 0 Å². The summed E-state index contributed by atoms with van der Waals surface area (Å²) < 4.78 is 8.15. The lowest BCUT2D eigenvalue weighted by atomic mass is 10.2. The molecule has 1 saturated heterocycles. The van der Waals surface area contributed by atoms with Crippen LogP contribution in [0.25, 0.3) is 27.9 Å². The minimum Gasteiger partial charge on any atom is -0.459 e. The van der Waals surface area contributed by atoms with Crippen molar-refractivity contribution in [2.75, 3.05) is 39.3 Å². The molecule has 1 atom stereocenters. The Bertz CT molecular complexity index is 1260. The Morgan fingerprint density at radius 2 is 1.36 bits per heavy atom. The fraction of sp³-hybridized carbons (Fsp3) is 0.300. The summed E-state index contributed by atoms with van der Waals surface area (Å²) in [5.74, 6) is -0.222. The molecular formula is C30H34ClN3O2. The molecule has 5 rings (SSSR count). The Morgan fingerprint density at radius 1 is 0.806 bits per heavy atom. The van der Waals surface area contributed by atoms with E-state index in [1.165, 1.54) is 34.3 Å². The van der Waals surface area contributed by atoms with Gasteiger partial charge in [-0.3, -0.25) is 14.6 Å². The maximum atomic E-state index is 12.0. The van der Waals surface area contributed by atoms with Crippen LogP contribution < -0.4 is 0 Å². The molecule has 1 aliphatic rings. The van der Waals surface area contributed by atoms with Gasteiger partial charge < -0.3 is 9.30 Å². The summed E-state index contributed by atoms with van der Waals surface area (Å²) >= 11 is 0. The van der Waals surface area contributed by atoms with E-state index in [2.05, 4.69) is 99.3 Å². The predicted molar refractivity (Wildman–Crippen MR) is 151 cm³/mol. The second kappa shape index (κ2) is 12.2. The second-order valence-electron chi connectivity index (χ2n) is 9.29. The van der Waals surface area contributed by atoms with Crippen LogP contribution in [0.4, 0.5) is 0 Å².